The predicted octanol–water partition coefficient (Wildman–Crippen LogP) is 0.385. The molecular weight excluding hydrogens is 240 g/mol. The van der Waals surface area contributed by atoms with Gasteiger partial charge in [-0.1, -0.05) is 0 Å². The Kier molecular flexibility index (Phi) is 2.55. The summed E-state index contributed by atoms with van der Waals surface area (Å²) in [7, 11) is 3.90. The lowest BCUT2D eigenvalue weighted by Crippen LogP contribution is -2.31. The standard InChI is InChI=1S/C14H16N4O/c1-17-6-4-9(7-13(17)15)12-8-10-11(18(12)2)3-5-16-14(10)19/h4,6-8,15H,3,5H2,1-2H3,(H,16,19)/p+1. The minimum Gasteiger partial charge on any atom is -0.352 e. The van der Waals surface area contributed by atoms with E-state index in [-0.39, 0.29) is 5.91 Å². The molecule has 2 aromatic rings. The topological polar surface area (TPSA) is 63.9 Å². The maximum atomic E-state index is 11.9. The summed E-state index contributed by atoms with van der Waals surface area (Å²) < 4.78 is 3.95. The van der Waals surface area contributed by atoms with Gasteiger partial charge in [0.05, 0.1) is 18.8 Å². The van der Waals surface area contributed by atoms with Crippen LogP contribution in [0.3, 0.4) is 0 Å². The summed E-state index contributed by atoms with van der Waals surface area (Å²) in [5.41, 5.74) is 9.84. The highest BCUT2D eigenvalue weighted by Crippen LogP contribution is 2.27. The van der Waals surface area contributed by atoms with E-state index >= 15 is 0 Å². The van der Waals surface area contributed by atoms with Gasteiger partial charge in [-0.25, -0.2) is 4.57 Å². The Morgan fingerprint density at radius 1 is 1.42 bits per heavy atom. The number of carbonyl (C=O) groups excluding carboxylic acids is 1. The van der Waals surface area contributed by atoms with Crippen molar-refractivity contribution in [3.63, 3.8) is 0 Å². The van der Waals surface area contributed by atoms with Crippen LogP contribution in [0.1, 0.15) is 16.1 Å². The van der Waals surface area contributed by atoms with Crippen LogP contribution in [0.25, 0.3) is 11.3 Å². The molecule has 3 heterocycles. The van der Waals surface area contributed by atoms with Crippen LogP contribution in [0.15, 0.2) is 24.4 Å². The molecule has 0 unspecified atom stereocenters. The van der Waals surface area contributed by atoms with Gasteiger partial charge in [-0.2, -0.15) is 0 Å². The van der Waals surface area contributed by atoms with E-state index in [0.717, 1.165) is 28.9 Å². The number of nitrogens with zero attached hydrogens (tertiary/aromatic N) is 2. The maximum absolute atomic E-state index is 11.9. The van der Waals surface area contributed by atoms with Gasteiger partial charge in [0, 0.05) is 43.0 Å². The molecule has 0 saturated carbocycles. The monoisotopic (exact) mass is 257 g/mol. The van der Waals surface area contributed by atoms with E-state index in [1.807, 2.05) is 43.1 Å². The molecule has 3 N–H and O–H groups in total. The van der Waals surface area contributed by atoms with Crippen molar-refractivity contribution in [3.8, 4) is 11.3 Å². The summed E-state index contributed by atoms with van der Waals surface area (Å²) >= 11 is 0. The largest absolute Gasteiger partial charge is 0.352 e. The molecule has 19 heavy (non-hydrogen) atoms. The number of hydrogen-bond acceptors (Lipinski definition) is 2. The number of aryl methyl sites for hydroxylation is 1. The van der Waals surface area contributed by atoms with Gasteiger partial charge in [-0.3, -0.25) is 10.5 Å². The minimum absolute atomic E-state index is 0.0116. The van der Waals surface area contributed by atoms with E-state index < -0.39 is 0 Å². The van der Waals surface area contributed by atoms with Crippen molar-refractivity contribution in [2.45, 2.75) is 6.42 Å². The Hall–Kier alpha value is -2.30. The maximum Gasteiger partial charge on any atom is 0.272 e. The lowest BCUT2D eigenvalue weighted by molar-refractivity contribution is -0.656. The van der Waals surface area contributed by atoms with E-state index in [4.69, 9.17) is 5.73 Å². The highest BCUT2D eigenvalue weighted by molar-refractivity contribution is 5.98. The Labute approximate surface area is 111 Å². The lowest BCUT2D eigenvalue weighted by atomic mass is 10.1. The van der Waals surface area contributed by atoms with Crippen LogP contribution in [0.4, 0.5) is 5.82 Å². The SMILES string of the molecule is Cn1c(-c2cc[n+](C)c(N)c2)cc2c1CCNC2=O. The summed E-state index contributed by atoms with van der Waals surface area (Å²) in [5, 5.41) is 2.87. The third kappa shape index (κ3) is 1.78. The molecule has 1 aliphatic rings. The molecule has 0 saturated heterocycles. The number of amides is 1. The molecule has 2 aromatic heterocycles. The van der Waals surface area contributed by atoms with Crippen molar-refractivity contribution in [2.24, 2.45) is 14.1 Å². The fourth-order valence-electron chi connectivity index (χ4n) is 2.56. The molecule has 0 atom stereocenters. The van der Waals surface area contributed by atoms with Crippen molar-refractivity contribution in [1.29, 1.82) is 0 Å². The molecule has 0 radical (unpaired) electrons. The number of anilines is 1. The zero-order valence-corrected chi connectivity index (χ0v) is 11.1. The minimum atomic E-state index is 0.0116. The average Bonchev–Trinajstić information content (AvgIpc) is 2.72. The first-order chi connectivity index (χ1) is 9.08. The molecule has 1 amide bonds. The van der Waals surface area contributed by atoms with Crippen molar-refractivity contribution in [2.75, 3.05) is 12.3 Å². The first-order valence-electron chi connectivity index (χ1n) is 6.30. The molecule has 0 aromatic carbocycles. The van der Waals surface area contributed by atoms with Gasteiger partial charge in [-0.15, -0.1) is 0 Å². The van der Waals surface area contributed by atoms with Gasteiger partial charge in [0.15, 0.2) is 0 Å². The predicted molar refractivity (Wildman–Crippen MR) is 72.5 cm³/mol. The van der Waals surface area contributed by atoms with Crippen molar-refractivity contribution in [1.82, 2.24) is 9.88 Å². The molecule has 3 rings (SSSR count). The van der Waals surface area contributed by atoms with E-state index in [1.165, 1.54) is 0 Å². The van der Waals surface area contributed by atoms with Crippen molar-refractivity contribution < 1.29 is 9.36 Å². The number of pyridine rings is 1. The van der Waals surface area contributed by atoms with Gasteiger partial charge >= 0.3 is 0 Å². The second-order valence-corrected chi connectivity index (χ2v) is 4.91. The fourth-order valence-corrected chi connectivity index (χ4v) is 2.56. The number of nitrogen functional groups attached to an aromatic ring is 1. The number of fused-ring (bicyclic) bond motifs is 1. The Morgan fingerprint density at radius 2 is 2.21 bits per heavy atom. The summed E-state index contributed by atoms with van der Waals surface area (Å²) in [6.07, 6.45) is 2.80. The van der Waals surface area contributed by atoms with Crippen LogP contribution in [0.2, 0.25) is 0 Å². The van der Waals surface area contributed by atoms with Crippen LogP contribution in [-0.2, 0) is 20.5 Å². The smallest absolute Gasteiger partial charge is 0.272 e. The quantitative estimate of drug-likeness (QED) is 0.726. The molecule has 0 spiro atoms. The summed E-state index contributed by atoms with van der Waals surface area (Å²) in [4.78, 5) is 11.9. The van der Waals surface area contributed by atoms with Gasteiger partial charge in [0.2, 0.25) is 0 Å². The van der Waals surface area contributed by atoms with Crippen LogP contribution in [0, 0.1) is 0 Å². The van der Waals surface area contributed by atoms with Gasteiger partial charge in [-0.05, 0) is 12.1 Å². The Morgan fingerprint density at radius 3 is 2.89 bits per heavy atom. The Bertz CT molecular complexity index is 672. The number of carbonyl (C=O) groups is 1. The zero-order chi connectivity index (χ0) is 13.6. The van der Waals surface area contributed by atoms with Crippen LogP contribution < -0.4 is 15.6 Å². The summed E-state index contributed by atoms with van der Waals surface area (Å²) in [5.74, 6) is 0.707. The highest BCUT2D eigenvalue weighted by Gasteiger charge is 2.23. The Balaban J connectivity index is 2.15. The summed E-state index contributed by atoms with van der Waals surface area (Å²) in [6, 6.07) is 5.88. The molecule has 1 aliphatic heterocycles. The van der Waals surface area contributed by atoms with Gasteiger partial charge < -0.3 is 9.88 Å². The van der Waals surface area contributed by atoms with E-state index in [9.17, 15) is 4.79 Å². The first-order valence-corrected chi connectivity index (χ1v) is 6.30. The van der Waals surface area contributed by atoms with E-state index in [2.05, 4.69) is 9.88 Å². The number of nitrogens with two attached hydrogens (primary N) is 1. The third-order valence-corrected chi connectivity index (χ3v) is 3.73. The molecule has 0 aliphatic carbocycles. The number of aromatic nitrogens is 2. The molecule has 0 bridgehead atoms. The third-order valence-electron chi connectivity index (χ3n) is 3.73. The molecule has 5 heteroatoms. The van der Waals surface area contributed by atoms with Crippen molar-refractivity contribution in [3.05, 3.63) is 35.7 Å². The lowest BCUT2D eigenvalue weighted by Gasteiger charge is -2.14. The molecular formula is C14H17N4O+. The number of rotatable bonds is 1. The first kappa shape index (κ1) is 11.8. The van der Waals surface area contributed by atoms with Crippen LogP contribution >= 0.6 is 0 Å². The molecule has 5 nitrogen and oxygen atoms in total. The highest BCUT2D eigenvalue weighted by atomic mass is 16.1. The van der Waals surface area contributed by atoms with E-state index in [1.54, 1.807) is 0 Å². The van der Waals surface area contributed by atoms with Crippen LogP contribution in [-0.4, -0.2) is 17.0 Å². The number of hydrogen-bond donors (Lipinski definition) is 2. The zero-order valence-electron chi connectivity index (χ0n) is 11.1. The normalized spacial score (nSPS) is 14.1. The average molecular weight is 257 g/mol. The van der Waals surface area contributed by atoms with Gasteiger partial charge in [0.25, 0.3) is 11.7 Å². The second-order valence-electron chi connectivity index (χ2n) is 4.91. The fraction of sp³-hybridized carbons (Fsp3) is 0.286. The summed E-state index contributed by atoms with van der Waals surface area (Å²) in [6.45, 7) is 0.703. The number of nitrogens with one attached hydrogen (secondary N) is 1. The van der Waals surface area contributed by atoms with Crippen LogP contribution in [0.5, 0.6) is 0 Å². The molecule has 98 valence electrons. The van der Waals surface area contributed by atoms with E-state index in [0.29, 0.717) is 12.4 Å². The van der Waals surface area contributed by atoms with Gasteiger partial charge in [0.1, 0.15) is 0 Å². The second kappa shape index (κ2) is 4.12. The molecule has 0 fully saturated rings. The van der Waals surface area contributed by atoms with Crippen molar-refractivity contribution >= 4 is 11.7 Å².